The molecule has 1 amide bonds. The molecule has 1 heterocycles. The average Bonchev–Trinajstić information content (AvgIpc) is 3.29. The predicted octanol–water partition coefficient (Wildman–Crippen LogP) is 4.01. The molecule has 0 aliphatic carbocycles. The van der Waals surface area contributed by atoms with Crippen molar-refractivity contribution in [2.75, 3.05) is 39.9 Å². The molecule has 1 aromatic heterocycles. The van der Waals surface area contributed by atoms with Gasteiger partial charge in [-0.05, 0) is 42.8 Å². The molecule has 0 unspecified atom stereocenters. The van der Waals surface area contributed by atoms with Gasteiger partial charge in [0.15, 0.2) is 28.8 Å². The molecule has 182 valence electrons. The first-order chi connectivity index (χ1) is 17.0. The Morgan fingerprint density at radius 3 is 2.20 bits per heavy atom. The summed E-state index contributed by atoms with van der Waals surface area (Å²) in [5.41, 5.74) is 0.355. The largest absolute Gasteiger partial charge is 0.493 e. The number of anilines is 1. The summed E-state index contributed by atoms with van der Waals surface area (Å²) in [4.78, 5) is 12.5. The quantitative estimate of drug-likeness (QED) is 0.247. The maximum absolute atomic E-state index is 12.5. The van der Waals surface area contributed by atoms with Gasteiger partial charge in [0.05, 0.1) is 21.3 Å². The number of aromatic nitrogens is 1. The van der Waals surface area contributed by atoms with Gasteiger partial charge in [0, 0.05) is 6.07 Å². The van der Waals surface area contributed by atoms with Crippen LogP contribution in [0.2, 0.25) is 0 Å². The molecule has 0 aliphatic heterocycles. The van der Waals surface area contributed by atoms with E-state index in [1.165, 1.54) is 20.3 Å². The van der Waals surface area contributed by atoms with E-state index in [2.05, 4.69) is 10.5 Å². The minimum atomic E-state index is -0.632. The fraction of sp³-hybridized carbons (Fsp3) is 0.240. The number of hydrogen-bond donors (Lipinski definition) is 1. The van der Waals surface area contributed by atoms with Crippen molar-refractivity contribution in [1.82, 2.24) is 5.16 Å². The summed E-state index contributed by atoms with van der Waals surface area (Å²) in [6.07, 6.45) is 1.40. The fourth-order valence-corrected chi connectivity index (χ4v) is 3.08. The molecule has 0 spiro atoms. The smallest absolute Gasteiger partial charge is 0.267 e. The molecule has 35 heavy (non-hydrogen) atoms. The third-order valence-corrected chi connectivity index (χ3v) is 4.68. The van der Waals surface area contributed by atoms with Crippen molar-refractivity contribution >= 4 is 17.8 Å². The molecule has 0 saturated heterocycles. The zero-order valence-corrected chi connectivity index (χ0v) is 19.8. The number of carbonyl (C=O) groups is 1. The van der Waals surface area contributed by atoms with E-state index in [1.54, 1.807) is 44.4 Å². The maximum atomic E-state index is 12.5. The highest BCUT2D eigenvalue weighted by Gasteiger charge is 2.17. The normalized spacial score (nSPS) is 10.8. The van der Waals surface area contributed by atoms with Crippen LogP contribution < -0.4 is 29.0 Å². The summed E-state index contributed by atoms with van der Waals surface area (Å²) in [6.45, 7) is 2.13. The van der Waals surface area contributed by atoms with Crippen molar-refractivity contribution in [3.63, 3.8) is 0 Å². The van der Waals surface area contributed by atoms with E-state index in [1.807, 2.05) is 18.2 Å². The summed E-state index contributed by atoms with van der Waals surface area (Å²) in [7, 11) is 4.53. The number of ether oxygens (including phenoxy) is 5. The van der Waals surface area contributed by atoms with Crippen molar-refractivity contribution in [3.8, 4) is 34.8 Å². The molecule has 0 atom stereocenters. The van der Waals surface area contributed by atoms with Crippen LogP contribution in [0.5, 0.6) is 28.7 Å². The number of amides is 1. The second kappa shape index (κ2) is 12.0. The lowest BCUT2D eigenvalue weighted by atomic mass is 10.1. The summed E-state index contributed by atoms with van der Waals surface area (Å²) in [5, 5.41) is 15.7. The number of rotatable bonds is 11. The minimum Gasteiger partial charge on any atom is -0.493 e. The van der Waals surface area contributed by atoms with Crippen LogP contribution >= 0.6 is 0 Å². The van der Waals surface area contributed by atoms with Crippen molar-refractivity contribution in [1.29, 1.82) is 5.26 Å². The Morgan fingerprint density at radius 2 is 1.63 bits per heavy atom. The average molecular weight is 479 g/mol. The lowest BCUT2D eigenvalue weighted by molar-refractivity contribution is -0.112. The van der Waals surface area contributed by atoms with Gasteiger partial charge in [-0.25, -0.2) is 0 Å². The SMILES string of the molecule is COc1ccccc1OCCOc1c(OC)cc(C=C(C#N)C(=O)Nc2cc(C)on2)cc1OC. The van der Waals surface area contributed by atoms with Gasteiger partial charge in [-0.3, -0.25) is 4.79 Å². The van der Waals surface area contributed by atoms with E-state index < -0.39 is 5.91 Å². The van der Waals surface area contributed by atoms with Crippen molar-refractivity contribution in [2.24, 2.45) is 0 Å². The van der Waals surface area contributed by atoms with Gasteiger partial charge in [-0.1, -0.05) is 17.3 Å². The molecule has 10 heteroatoms. The van der Waals surface area contributed by atoms with E-state index in [-0.39, 0.29) is 24.6 Å². The number of carbonyl (C=O) groups excluding carboxylic acids is 1. The number of benzene rings is 2. The van der Waals surface area contributed by atoms with Gasteiger partial charge in [0.2, 0.25) is 5.75 Å². The number of para-hydroxylation sites is 2. The molecule has 3 aromatic rings. The first-order valence-electron chi connectivity index (χ1n) is 10.5. The number of hydrogen-bond acceptors (Lipinski definition) is 9. The minimum absolute atomic E-state index is 0.145. The molecule has 1 N–H and O–H groups in total. The standard InChI is InChI=1S/C25H25N3O7/c1-16-11-23(28-35-16)27-25(29)18(15-26)12-17-13-21(31-3)24(22(14-17)32-4)34-10-9-33-20-8-6-5-7-19(20)30-2/h5-8,11-14H,9-10H2,1-4H3,(H,27,28,29). The molecule has 10 nitrogen and oxygen atoms in total. The predicted molar refractivity (Wildman–Crippen MR) is 127 cm³/mol. The zero-order valence-electron chi connectivity index (χ0n) is 19.8. The Kier molecular flexibility index (Phi) is 8.56. The summed E-state index contributed by atoms with van der Waals surface area (Å²) >= 11 is 0. The van der Waals surface area contributed by atoms with Crippen LogP contribution in [0, 0.1) is 18.3 Å². The van der Waals surface area contributed by atoms with Gasteiger partial charge in [-0.15, -0.1) is 0 Å². The fourth-order valence-electron chi connectivity index (χ4n) is 3.08. The second-order valence-corrected chi connectivity index (χ2v) is 7.05. The third-order valence-electron chi connectivity index (χ3n) is 4.68. The highest BCUT2D eigenvalue weighted by Crippen LogP contribution is 2.39. The van der Waals surface area contributed by atoms with Crippen molar-refractivity contribution in [2.45, 2.75) is 6.92 Å². The van der Waals surface area contributed by atoms with E-state index in [4.69, 9.17) is 28.2 Å². The summed E-state index contributed by atoms with van der Waals surface area (Å²) < 4.78 is 32.7. The highest BCUT2D eigenvalue weighted by atomic mass is 16.6. The van der Waals surface area contributed by atoms with Gasteiger partial charge < -0.3 is 33.5 Å². The topological polar surface area (TPSA) is 125 Å². The first-order valence-corrected chi connectivity index (χ1v) is 10.5. The Hall–Kier alpha value is -4.65. The highest BCUT2D eigenvalue weighted by molar-refractivity contribution is 6.09. The van der Waals surface area contributed by atoms with E-state index >= 15 is 0 Å². The molecular weight excluding hydrogens is 454 g/mol. The second-order valence-electron chi connectivity index (χ2n) is 7.05. The van der Waals surface area contributed by atoms with Gasteiger partial charge in [-0.2, -0.15) is 5.26 Å². The number of nitriles is 1. The van der Waals surface area contributed by atoms with Gasteiger partial charge >= 0.3 is 0 Å². The Balaban J connectivity index is 1.74. The van der Waals surface area contributed by atoms with Crippen LogP contribution in [-0.2, 0) is 4.79 Å². The summed E-state index contributed by atoms with van der Waals surface area (Å²) in [6, 6.07) is 14.0. The molecule has 0 bridgehead atoms. The Morgan fingerprint density at radius 1 is 1.00 bits per heavy atom. The first kappa shape index (κ1) is 25.0. The Bertz CT molecular complexity index is 1220. The molecule has 0 saturated carbocycles. The maximum Gasteiger partial charge on any atom is 0.267 e. The number of nitrogens with zero attached hydrogens (tertiary/aromatic N) is 2. The van der Waals surface area contributed by atoms with E-state index in [9.17, 15) is 10.1 Å². The number of methoxy groups -OCH3 is 3. The lowest BCUT2D eigenvalue weighted by Gasteiger charge is -2.16. The van der Waals surface area contributed by atoms with E-state index in [0.29, 0.717) is 40.1 Å². The van der Waals surface area contributed by atoms with Crippen molar-refractivity contribution in [3.05, 3.63) is 59.4 Å². The third kappa shape index (κ3) is 6.45. The van der Waals surface area contributed by atoms with Crippen LogP contribution in [0.25, 0.3) is 6.08 Å². The molecular formula is C25H25N3O7. The number of nitrogens with one attached hydrogen (secondary N) is 1. The van der Waals surface area contributed by atoms with Crippen LogP contribution in [0.4, 0.5) is 5.82 Å². The molecule has 0 aliphatic rings. The molecule has 2 aromatic carbocycles. The van der Waals surface area contributed by atoms with Crippen LogP contribution in [0.15, 0.2) is 52.6 Å². The monoisotopic (exact) mass is 479 g/mol. The van der Waals surface area contributed by atoms with Crippen molar-refractivity contribution < 1.29 is 33.0 Å². The van der Waals surface area contributed by atoms with Crippen LogP contribution in [0.1, 0.15) is 11.3 Å². The molecule has 0 fully saturated rings. The number of aryl methyl sites for hydroxylation is 1. The molecule has 3 rings (SSSR count). The van der Waals surface area contributed by atoms with E-state index in [0.717, 1.165) is 0 Å². The van der Waals surface area contributed by atoms with Crippen LogP contribution in [0.3, 0.4) is 0 Å². The van der Waals surface area contributed by atoms with Gasteiger partial charge in [0.25, 0.3) is 5.91 Å². The zero-order chi connectivity index (χ0) is 25.2. The lowest BCUT2D eigenvalue weighted by Crippen LogP contribution is -2.13. The van der Waals surface area contributed by atoms with Crippen LogP contribution in [-0.4, -0.2) is 45.6 Å². The molecule has 0 radical (unpaired) electrons. The Labute approximate surface area is 202 Å². The van der Waals surface area contributed by atoms with Gasteiger partial charge in [0.1, 0.15) is 30.6 Å². The summed E-state index contributed by atoms with van der Waals surface area (Å²) in [5.74, 6) is 2.40.